The molecular weight excluding hydrogens is 337 g/mol. The summed E-state index contributed by atoms with van der Waals surface area (Å²) in [4.78, 5) is 12.3. The third kappa shape index (κ3) is 3.96. The predicted octanol–water partition coefficient (Wildman–Crippen LogP) is 4.24. The zero-order chi connectivity index (χ0) is 17.1. The Morgan fingerprint density at radius 1 is 1.28 bits per heavy atom. The van der Waals surface area contributed by atoms with E-state index in [1.165, 1.54) is 10.9 Å². The molecule has 1 aliphatic rings. The minimum absolute atomic E-state index is 0.200. The average Bonchev–Trinajstić information content (AvgIpc) is 3.29. The van der Waals surface area contributed by atoms with Crippen molar-refractivity contribution in [2.75, 3.05) is 13.1 Å². The van der Waals surface area contributed by atoms with E-state index < -0.39 is 0 Å². The van der Waals surface area contributed by atoms with Gasteiger partial charge in [0.15, 0.2) is 5.89 Å². The van der Waals surface area contributed by atoms with E-state index in [9.17, 15) is 4.39 Å². The van der Waals surface area contributed by atoms with Crippen molar-refractivity contribution < 1.29 is 8.81 Å². The molecule has 0 saturated carbocycles. The fraction of sp³-hybridized carbons (Fsp3) is 0.368. The first kappa shape index (κ1) is 16.4. The lowest BCUT2D eigenvalue weighted by Gasteiger charge is -2.30. The molecule has 0 spiro atoms. The molecule has 1 fully saturated rings. The Hall–Kier alpha value is -2.05. The van der Waals surface area contributed by atoms with E-state index in [-0.39, 0.29) is 5.82 Å². The van der Waals surface area contributed by atoms with Crippen molar-refractivity contribution >= 4 is 11.3 Å². The monoisotopic (exact) mass is 357 g/mol. The Labute approximate surface area is 150 Å². The zero-order valence-corrected chi connectivity index (χ0v) is 14.7. The molecule has 1 atom stereocenters. The number of benzene rings is 1. The Morgan fingerprint density at radius 3 is 3.04 bits per heavy atom. The fourth-order valence-corrected chi connectivity index (χ4v) is 4.00. The Kier molecular flexibility index (Phi) is 4.90. The second-order valence-corrected chi connectivity index (χ2v) is 7.45. The van der Waals surface area contributed by atoms with Crippen molar-refractivity contribution in [2.24, 2.45) is 0 Å². The van der Waals surface area contributed by atoms with Gasteiger partial charge >= 0.3 is 0 Å². The molecule has 1 aliphatic heterocycles. The Balaban J connectivity index is 1.41. The number of nitrogens with zero attached hydrogens (tertiary/aromatic N) is 3. The summed E-state index contributed by atoms with van der Waals surface area (Å²) >= 11 is 1.69. The molecule has 6 heteroatoms. The van der Waals surface area contributed by atoms with Crippen LogP contribution in [0, 0.1) is 5.82 Å². The second kappa shape index (κ2) is 7.45. The van der Waals surface area contributed by atoms with Crippen molar-refractivity contribution in [3.63, 3.8) is 0 Å². The normalized spacial score (nSPS) is 18.5. The van der Waals surface area contributed by atoms with Gasteiger partial charge in [0.1, 0.15) is 11.6 Å². The summed E-state index contributed by atoms with van der Waals surface area (Å²) < 4.78 is 19.7. The quantitative estimate of drug-likeness (QED) is 0.685. The maximum atomic E-state index is 13.8. The highest BCUT2D eigenvalue weighted by Crippen LogP contribution is 2.28. The molecule has 1 saturated heterocycles. The molecule has 25 heavy (non-hydrogen) atoms. The van der Waals surface area contributed by atoms with Crippen LogP contribution in [-0.2, 0) is 13.0 Å². The summed E-state index contributed by atoms with van der Waals surface area (Å²) in [6.07, 6.45) is 6.33. The second-order valence-electron chi connectivity index (χ2n) is 6.48. The fourth-order valence-electron chi connectivity index (χ4n) is 3.36. The van der Waals surface area contributed by atoms with Gasteiger partial charge in [0.25, 0.3) is 0 Å². The minimum atomic E-state index is -0.200. The Morgan fingerprint density at radius 2 is 2.20 bits per heavy atom. The number of aromatic nitrogens is 2. The van der Waals surface area contributed by atoms with Crippen LogP contribution in [0.5, 0.6) is 0 Å². The summed E-state index contributed by atoms with van der Waals surface area (Å²) in [6, 6.07) is 6.80. The van der Waals surface area contributed by atoms with Gasteiger partial charge in [-0.25, -0.2) is 9.37 Å². The largest absolute Gasteiger partial charge is 0.445 e. The van der Waals surface area contributed by atoms with E-state index in [4.69, 9.17) is 4.42 Å². The molecule has 0 unspecified atom stereocenters. The summed E-state index contributed by atoms with van der Waals surface area (Å²) in [6.45, 7) is 2.97. The highest BCUT2D eigenvalue weighted by Gasteiger charge is 2.25. The first-order valence-electron chi connectivity index (χ1n) is 8.55. The van der Waals surface area contributed by atoms with Gasteiger partial charge in [0, 0.05) is 36.5 Å². The molecule has 0 radical (unpaired) electrons. The van der Waals surface area contributed by atoms with Crippen molar-refractivity contribution in [3.05, 3.63) is 70.1 Å². The number of hydrogen-bond donors (Lipinski definition) is 0. The number of rotatable bonds is 5. The number of oxazole rings is 1. The van der Waals surface area contributed by atoms with Crippen LogP contribution < -0.4 is 0 Å². The SMILES string of the molecule is Fc1ccccc1Cc1cnc([C@@H]2CCCN(Cc3cncs3)C2)o1. The van der Waals surface area contributed by atoms with Gasteiger partial charge in [0.2, 0.25) is 0 Å². The third-order valence-electron chi connectivity index (χ3n) is 4.61. The van der Waals surface area contributed by atoms with Crippen molar-refractivity contribution in [1.29, 1.82) is 0 Å². The lowest BCUT2D eigenvalue weighted by atomic mass is 9.98. The summed E-state index contributed by atoms with van der Waals surface area (Å²) in [5.41, 5.74) is 2.51. The lowest BCUT2D eigenvalue weighted by molar-refractivity contribution is 0.186. The summed E-state index contributed by atoms with van der Waals surface area (Å²) in [7, 11) is 0. The van der Waals surface area contributed by atoms with Crippen molar-refractivity contribution in [2.45, 2.75) is 31.7 Å². The van der Waals surface area contributed by atoms with Crippen LogP contribution in [0.1, 0.15) is 40.9 Å². The lowest BCUT2D eigenvalue weighted by Crippen LogP contribution is -2.33. The molecule has 4 rings (SSSR count). The molecular formula is C19H20FN3OS. The predicted molar refractivity (Wildman–Crippen MR) is 95.1 cm³/mol. The number of likely N-dealkylation sites (tertiary alicyclic amines) is 1. The maximum Gasteiger partial charge on any atom is 0.198 e. The molecule has 0 aliphatic carbocycles. The first-order valence-corrected chi connectivity index (χ1v) is 9.43. The van der Waals surface area contributed by atoms with E-state index in [0.29, 0.717) is 17.9 Å². The van der Waals surface area contributed by atoms with E-state index in [1.54, 1.807) is 29.7 Å². The molecule has 4 nitrogen and oxygen atoms in total. The highest BCUT2D eigenvalue weighted by molar-refractivity contribution is 7.09. The molecule has 0 bridgehead atoms. The smallest absolute Gasteiger partial charge is 0.198 e. The van der Waals surface area contributed by atoms with Crippen LogP contribution in [0.15, 0.2) is 46.6 Å². The van der Waals surface area contributed by atoms with E-state index in [1.807, 2.05) is 17.8 Å². The van der Waals surface area contributed by atoms with Gasteiger partial charge in [-0.1, -0.05) is 18.2 Å². The summed E-state index contributed by atoms with van der Waals surface area (Å²) in [5, 5.41) is 0. The number of piperidine rings is 1. The highest BCUT2D eigenvalue weighted by atomic mass is 32.1. The number of halogens is 1. The molecule has 3 heterocycles. The van der Waals surface area contributed by atoms with Crippen LogP contribution in [-0.4, -0.2) is 28.0 Å². The van der Waals surface area contributed by atoms with Gasteiger partial charge < -0.3 is 4.42 Å². The Bertz CT molecular complexity index is 818. The molecule has 0 amide bonds. The van der Waals surface area contributed by atoms with Crippen molar-refractivity contribution in [1.82, 2.24) is 14.9 Å². The van der Waals surface area contributed by atoms with Gasteiger partial charge in [-0.05, 0) is 31.0 Å². The van der Waals surface area contributed by atoms with E-state index in [2.05, 4.69) is 14.9 Å². The van der Waals surface area contributed by atoms with Crippen LogP contribution in [0.2, 0.25) is 0 Å². The average molecular weight is 357 g/mol. The van der Waals surface area contributed by atoms with Gasteiger partial charge in [-0.2, -0.15) is 0 Å². The van der Waals surface area contributed by atoms with Crippen LogP contribution in [0.4, 0.5) is 4.39 Å². The minimum Gasteiger partial charge on any atom is -0.445 e. The topological polar surface area (TPSA) is 42.2 Å². The first-order chi connectivity index (χ1) is 12.3. The van der Waals surface area contributed by atoms with Crippen LogP contribution >= 0.6 is 11.3 Å². The molecule has 0 N–H and O–H groups in total. The molecule has 1 aromatic carbocycles. The maximum absolute atomic E-state index is 13.8. The molecule has 130 valence electrons. The summed E-state index contributed by atoms with van der Waals surface area (Å²) in [5.74, 6) is 1.60. The van der Waals surface area contributed by atoms with Crippen molar-refractivity contribution in [3.8, 4) is 0 Å². The number of thiazole rings is 1. The third-order valence-corrected chi connectivity index (χ3v) is 5.38. The van der Waals surface area contributed by atoms with Crippen LogP contribution in [0.25, 0.3) is 0 Å². The zero-order valence-electron chi connectivity index (χ0n) is 13.9. The van der Waals surface area contributed by atoms with Gasteiger partial charge in [0.05, 0.1) is 11.7 Å². The molecule has 2 aromatic heterocycles. The standard InChI is InChI=1S/C19H20FN3OS/c20-18-6-2-1-4-14(18)8-16-9-22-19(24-16)15-5-3-7-23(11-15)12-17-10-21-13-25-17/h1-2,4,6,9-10,13,15H,3,5,7-8,11-12H2/t15-/m1/s1. The van der Waals surface area contributed by atoms with Crippen LogP contribution in [0.3, 0.4) is 0 Å². The van der Waals surface area contributed by atoms with E-state index >= 15 is 0 Å². The van der Waals surface area contributed by atoms with Gasteiger partial charge in [-0.15, -0.1) is 11.3 Å². The molecule has 3 aromatic rings. The number of hydrogen-bond acceptors (Lipinski definition) is 5. The van der Waals surface area contributed by atoms with E-state index in [0.717, 1.165) is 44.1 Å². The van der Waals surface area contributed by atoms with Gasteiger partial charge in [-0.3, -0.25) is 9.88 Å².